The van der Waals surface area contributed by atoms with E-state index in [4.69, 9.17) is 5.73 Å². The van der Waals surface area contributed by atoms with Crippen molar-refractivity contribution in [3.63, 3.8) is 0 Å². The molecule has 1 aliphatic heterocycles. The van der Waals surface area contributed by atoms with Crippen molar-refractivity contribution >= 4 is 0 Å². The number of aliphatic hydroxyl groups excluding tert-OH is 1. The summed E-state index contributed by atoms with van der Waals surface area (Å²) >= 11 is 0. The lowest BCUT2D eigenvalue weighted by Crippen LogP contribution is -2.53. The highest BCUT2D eigenvalue weighted by atomic mass is 16.3. The molecule has 0 spiro atoms. The second-order valence-corrected chi connectivity index (χ2v) is 6.93. The van der Waals surface area contributed by atoms with Gasteiger partial charge in [-0.05, 0) is 32.1 Å². The molecule has 2 saturated carbocycles. The number of nitrogens with two attached hydrogens (primary N) is 1. The van der Waals surface area contributed by atoms with E-state index in [1.54, 1.807) is 0 Å². The van der Waals surface area contributed by atoms with Crippen LogP contribution in [0, 0.1) is 0 Å². The zero-order valence-corrected chi connectivity index (χ0v) is 12.1. The number of aliphatic hydroxyl groups is 1. The highest BCUT2D eigenvalue weighted by molar-refractivity contribution is 4.98. The monoisotopic (exact) mass is 267 g/mol. The summed E-state index contributed by atoms with van der Waals surface area (Å²) in [5, 5.41) is 9.38. The SMILES string of the molecule is NC1(CO)CCC(N2CCN(C3CCCC3)CC2)C1. The van der Waals surface area contributed by atoms with Gasteiger partial charge >= 0.3 is 0 Å². The highest BCUT2D eigenvalue weighted by Gasteiger charge is 2.39. The van der Waals surface area contributed by atoms with E-state index < -0.39 is 0 Å². The van der Waals surface area contributed by atoms with Crippen LogP contribution in [0.2, 0.25) is 0 Å². The third kappa shape index (κ3) is 2.97. The summed E-state index contributed by atoms with van der Waals surface area (Å²) < 4.78 is 0. The van der Waals surface area contributed by atoms with Crippen molar-refractivity contribution in [3.8, 4) is 0 Å². The zero-order chi connectivity index (χ0) is 13.3. The predicted molar refractivity (Wildman–Crippen MR) is 77.0 cm³/mol. The second-order valence-electron chi connectivity index (χ2n) is 6.93. The molecule has 3 aliphatic rings. The predicted octanol–water partition coefficient (Wildman–Crippen LogP) is 0.789. The quantitative estimate of drug-likeness (QED) is 0.794. The van der Waals surface area contributed by atoms with Gasteiger partial charge in [0.2, 0.25) is 0 Å². The fourth-order valence-electron chi connectivity index (χ4n) is 4.32. The Morgan fingerprint density at radius 2 is 1.53 bits per heavy atom. The Balaban J connectivity index is 1.48. The van der Waals surface area contributed by atoms with Gasteiger partial charge in [-0.1, -0.05) is 12.8 Å². The molecule has 2 aliphatic carbocycles. The van der Waals surface area contributed by atoms with Crippen LogP contribution in [0.15, 0.2) is 0 Å². The maximum absolute atomic E-state index is 9.38. The molecule has 0 aromatic heterocycles. The van der Waals surface area contributed by atoms with E-state index in [0.717, 1.165) is 18.9 Å². The van der Waals surface area contributed by atoms with Gasteiger partial charge in [-0.25, -0.2) is 0 Å². The van der Waals surface area contributed by atoms with Crippen LogP contribution in [-0.2, 0) is 0 Å². The standard InChI is InChI=1S/C15H29N3O/c16-15(12-19)6-5-14(11-15)18-9-7-17(8-10-18)13-3-1-2-4-13/h13-14,19H,1-12,16H2. The molecule has 1 heterocycles. The lowest BCUT2D eigenvalue weighted by Gasteiger charge is -2.41. The minimum Gasteiger partial charge on any atom is -0.394 e. The van der Waals surface area contributed by atoms with Gasteiger partial charge in [0.05, 0.1) is 6.61 Å². The van der Waals surface area contributed by atoms with Gasteiger partial charge in [0.15, 0.2) is 0 Å². The topological polar surface area (TPSA) is 52.7 Å². The van der Waals surface area contributed by atoms with Crippen LogP contribution in [0.1, 0.15) is 44.9 Å². The molecule has 0 bridgehead atoms. The molecule has 3 fully saturated rings. The van der Waals surface area contributed by atoms with Gasteiger partial charge in [-0.15, -0.1) is 0 Å². The second kappa shape index (κ2) is 5.68. The molecule has 0 radical (unpaired) electrons. The molecule has 4 nitrogen and oxygen atoms in total. The average Bonchev–Trinajstić information content (AvgIpc) is 3.09. The first-order chi connectivity index (χ1) is 9.20. The van der Waals surface area contributed by atoms with E-state index in [0.29, 0.717) is 6.04 Å². The van der Waals surface area contributed by atoms with Crippen molar-refractivity contribution in [1.29, 1.82) is 0 Å². The number of piperazine rings is 1. The van der Waals surface area contributed by atoms with Crippen LogP contribution >= 0.6 is 0 Å². The molecule has 1 saturated heterocycles. The highest BCUT2D eigenvalue weighted by Crippen LogP contribution is 2.32. The number of hydrogen-bond donors (Lipinski definition) is 2. The summed E-state index contributed by atoms with van der Waals surface area (Å²) in [5.41, 5.74) is 5.90. The lowest BCUT2D eigenvalue weighted by molar-refractivity contribution is 0.0683. The van der Waals surface area contributed by atoms with Gasteiger partial charge in [0, 0.05) is 43.8 Å². The van der Waals surface area contributed by atoms with Crippen molar-refractivity contribution < 1.29 is 5.11 Å². The van der Waals surface area contributed by atoms with Gasteiger partial charge < -0.3 is 10.8 Å². The molecule has 2 unspecified atom stereocenters. The van der Waals surface area contributed by atoms with Crippen LogP contribution in [-0.4, -0.2) is 65.3 Å². The third-order valence-electron chi connectivity index (χ3n) is 5.64. The first-order valence-corrected chi connectivity index (χ1v) is 8.08. The van der Waals surface area contributed by atoms with E-state index in [2.05, 4.69) is 9.80 Å². The summed E-state index contributed by atoms with van der Waals surface area (Å²) in [6.45, 7) is 5.01. The molecular formula is C15H29N3O. The third-order valence-corrected chi connectivity index (χ3v) is 5.64. The van der Waals surface area contributed by atoms with E-state index >= 15 is 0 Å². The minimum atomic E-state index is -0.298. The van der Waals surface area contributed by atoms with E-state index in [1.807, 2.05) is 0 Å². The molecule has 4 heteroatoms. The first kappa shape index (κ1) is 13.8. The molecule has 3 rings (SSSR count). The summed E-state index contributed by atoms with van der Waals surface area (Å²) in [6.07, 6.45) is 8.82. The van der Waals surface area contributed by atoms with Crippen molar-refractivity contribution in [2.24, 2.45) is 5.73 Å². The molecule has 0 aromatic rings. The Bertz CT molecular complexity index is 298. The zero-order valence-electron chi connectivity index (χ0n) is 12.1. The fourth-order valence-corrected chi connectivity index (χ4v) is 4.32. The van der Waals surface area contributed by atoms with Crippen LogP contribution < -0.4 is 5.73 Å². The number of rotatable bonds is 3. The van der Waals surface area contributed by atoms with Crippen LogP contribution in [0.25, 0.3) is 0 Å². The molecule has 19 heavy (non-hydrogen) atoms. The molecule has 0 aromatic carbocycles. The Morgan fingerprint density at radius 3 is 2.05 bits per heavy atom. The molecule has 3 N–H and O–H groups in total. The van der Waals surface area contributed by atoms with Crippen molar-refractivity contribution in [2.45, 2.75) is 62.6 Å². The summed E-state index contributed by atoms with van der Waals surface area (Å²) in [4.78, 5) is 5.33. The number of nitrogens with zero attached hydrogens (tertiary/aromatic N) is 2. The minimum absolute atomic E-state index is 0.144. The fraction of sp³-hybridized carbons (Fsp3) is 1.00. The average molecular weight is 267 g/mol. The number of hydrogen-bond acceptors (Lipinski definition) is 4. The Kier molecular flexibility index (Phi) is 4.13. The summed E-state index contributed by atoms with van der Waals surface area (Å²) in [6, 6.07) is 1.49. The van der Waals surface area contributed by atoms with E-state index in [1.165, 1.54) is 58.3 Å². The van der Waals surface area contributed by atoms with Crippen molar-refractivity contribution in [1.82, 2.24) is 9.80 Å². The van der Waals surface area contributed by atoms with E-state index in [-0.39, 0.29) is 12.1 Å². The van der Waals surface area contributed by atoms with Gasteiger partial charge in [-0.2, -0.15) is 0 Å². The van der Waals surface area contributed by atoms with Crippen molar-refractivity contribution in [2.75, 3.05) is 32.8 Å². The van der Waals surface area contributed by atoms with Crippen molar-refractivity contribution in [3.05, 3.63) is 0 Å². The van der Waals surface area contributed by atoms with Gasteiger partial charge in [-0.3, -0.25) is 9.80 Å². The first-order valence-electron chi connectivity index (χ1n) is 8.08. The lowest BCUT2D eigenvalue weighted by atomic mass is 10.00. The summed E-state index contributed by atoms with van der Waals surface area (Å²) in [7, 11) is 0. The largest absolute Gasteiger partial charge is 0.394 e. The van der Waals surface area contributed by atoms with Crippen LogP contribution in [0.3, 0.4) is 0 Å². The normalized spacial score (nSPS) is 39.2. The Labute approximate surface area is 116 Å². The van der Waals surface area contributed by atoms with Gasteiger partial charge in [0.1, 0.15) is 0 Å². The Hall–Kier alpha value is -0.160. The molecule has 0 amide bonds. The van der Waals surface area contributed by atoms with Gasteiger partial charge in [0.25, 0.3) is 0 Å². The molecular weight excluding hydrogens is 238 g/mol. The summed E-state index contributed by atoms with van der Waals surface area (Å²) in [5.74, 6) is 0. The smallest absolute Gasteiger partial charge is 0.0611 e. The van der Waals surface area contributed by atoms with Crippen LogP contribution in [0.5, 0.6) is 0 Å². The van der Waals surface area contributed by atoms with Crippen LogP contribution in [0.4, 0.5) is 0 Å². The van der Waals surface area contributed by atoms with E-state index in [9.17, 15) is 5.11 Å². The molecule has 110 valence electrons. The Morgan fingerprint density at radius 1 is 0.947 bits per heavy atom. The maximum atomic E-state index is 9.38. The maximum Gasteiger partial charge on any atom is 0.0611 e. The molecule has 2 atom stereocenters.